The van der Waals surface area contributed by atoms with Crippen LogP contribution in [0.3, 0.4) is 0 Å². The van der Waals surface area contributed by atoms with Crippen molar-refractivity contribution < 1.29 is 4.74 Å². The third-order valence-electron chi connectivity index (χ3n) is 2.66. The molecule has 0 aliphatic carbocycles. The molecule has 15 heavy (non-hydrogen) atoms. The van der Waals surface area contributed by atoms with Gasteiger partial charge in [-0.25, -0.2) is 0 Å². The summed E-state index contributed by atoms with van der Waals surface area (Å²) in [5.74, 6) is 1.65. The van der Waals surface area contributed by atoms with Crippen LogP contribution in [-0.2, 0) is 0 Å². The summed E-state index contributed by atoms with van der Waals surface area (Å²) in [6.45, 7) is 7.24. The van der Waals surface area contributed by atoms with Crippen molar-refractivity contribution in [2.75, 3.05) is 12.9 Å². The lowest BCUT2D eigenvalue weighted by Gasteiger charge is -2.17. The molecule has 0 fully saturated rings. The number of hydrogen-bond donors (Lipinski definition) is 0. The van der Waals surface area contributed by atoms with Crippen molar-refractivity contribution in [1.29, 1.82) is 0 Å². The number of rotatable bonds is 5. The Balaban J connectivity index is 3.12. The summed E-state index contributed by atoms with van der Waals surface area (Å²) in [5, 5.41) is 0. The molecule has 0 N–H and O–H groups in total. The van der Waals surface area contributed by atoms with Crippen LogP contribution in [0.15, 0.2) is 23.1 Å². The minimum atomic E-state index is 0.568. The van der Waals surface area contributed by atoms with Crippen molar-refractivity contribution >= 4 is 11.8 Å². The number of ether oxygens (including phenoxy) is 1. The first kappa shape index (κ1) is 12.4. The van der Waals surface area contributed by atoms with Gasteiger partial charge in [0.05, 0.1) is 6.61 Å². The average Bonchev–Trinajstić information content (AvgIpc) is 2.28. The predicted octanol–water partition coefficient (Wildman–Crippen LogP) is 4.32. The summed E-state index contributed by atoms with van der Waals surface area (Å²) in [6.07, 6.45) is 3.25. The molecule has 0 saturated carbocycles. The van der Waals surface area contributed by atoms with Crippen molar-refractivity contribution in [1.82, 2.24) is 0 Å². The molecule has 0 aromatic heterocycles. The van der Waals surface area contributed by atoms with Crippen LogP contribution in [0.4, 0.5) is 0 Å². The second kappa shape index (κ2) is 6.06. The van der Waals surface area contributed by atoms with E-state index in [4.69, 9.17) is 4.74 Å². The molecule has 0 aliphatic heterocycles. The maximum atomic E-state index is 5.76. The van der Waals surface area contributed by atoms with Gasteiger partial charge in [-0.05, 0) is 37.1 Å². The fourth-order valence-electron chi connectivity index (χ4n) is 1.60. The Bertz CT molecular complexity index is 309. The van der Waals surface area contributed by atoms with E-state index < -0.39 is 0 Å². The Morgan fingerprint density at radius 2 is 2.07 bits per heavy atom. The van der Waals surface area contributed by atoms with Gasteiger partial charge >= 0.3 is 0 Å². The Morgan fingerprint density at radius 3 is 2.60 bits per heavy atom. The van der Waals surface area contributed by atoms with Crippen LogP contribution in [0.5, 0.6) is 5.75 Å². The van der Waals surface area contributed by atoms with Crippen molar-refractivity contribution in [3.63, 3.8) is 0 Å². The van der Waals surface area contributed by atoms with Crippen LogP contribution >= 0.6 is 11.8 Å². The predicted molar refractivity (Wildman–Crippen MR) is 68.1 cm³/mol. The summed E-state index contributed by atoms with van der Waals surface area (Å²) >= 11 is 1.75. The highest BCUT2D eigenvalue weighted by Crippen LogP contribution is 2.36. The largest absolute Gasteiger partial charge is 0.492 e. The topological polar surface area (TPSA) is 9.23 Å². The number of para-hydroxylation sites is 1. The van der Waals surface area contributed by atoms with Crippen LogP contribution in [0.25, 0.3) is 0 Å². The maximum absolute atomic E-state index is 5.76. The third-order valence-corrected chi connectivity index (χ3v) is 3.42. The molecule has 1 rings (SSSR count). The normalized spacial score (nSPS) is 12.5. The van der Waals surface area contributed by atoms with Crippen LogP contribution < -0.4 is 4.74 Å². The van der Waals surface area contributed by atoms with Crippen molar-refractivity contribution in [2.45, 2.75) is 38.0 Å². The fraction of sp³-hybridized carbons (Fsp3) is 0.538. The van der Waals surface area contributed by atoms with Crippen LogP contribution in [0, 0.1) is 0 Å². The minimum Gasteiger partial charge on any atom is -0.492 e. The number of benzene rings is 1. The molecule has 0 heterocycles. The van der Waals surface area contributed by atoms with Gasteiger partial charge in [0, 0.05) is 4.90 Å². The monoisotopic (exact) mass is 224 g/mol. The third kappa shape index (κ3) is 2.91. The van der Waals surface area contributed by atoms with E-state index in [1.165, 1.54) is 10.5 Å². The van der Waals surface area contributed by atoms with Gasteiger partial charge in [-0.15, -0.1) is 11.8 Å². The van der Waals surface area contributed by atoms with Crippen LogP contribution in [0.1, 0.15) is 38.7 Å². The van der Waals surface area contributed by atoms with E-state index >= 15 is 0 Å². The molecule has 0 aliphatic rings. The van der Waals surface area contributed by atoms with Gasteiger partial charge in [0.15, 0.2) is 0 Å². The quantitative estimate of drug-likeness (QED) is 0.689. The van der Waals surface area contributed by atoms with E-state index in [9.17, 15) is 0 Å². The summed E-state index contributed by atoms with van der Waals surface area (Å²) < 4.78 is 5.76. The molecule has 0 saturated heterocycles. The number of thioether (sulfide) groups is 1. The van der Waals surface area contributed by atoms with Gasteiger partial charge in [0.2, 0.25) is 0 Å². The van der Waals surface area contributed by atoms with Gasteiger partial charge in [-0.1, -0.05) is 26.0 Å². The fourth-order valence-corrected chi connectivity index (χ4v) is 2.18. The second-order valence-electron chi connectivity index (χ2n) is 3.62. The summed E-state index contributed by atoms with van der Waals surface area (Å²) in [6, 6.07) is 6.43. The van der Waals surface area contributed by atoms with E-state index in [1.54, 1.807) is 11.8 Å². The molecule has 1 aromatic carbocycles. The molecule has 0 bridgehead atoms. The number of hydrogen-bond acceptors (Lipinski definition) is 2. The zero-order valence-corrected chi connectivity index (χ0v) is 10.9. The van der Waals surface area contributed by atoms with Gasteiger partial charge in [0.25, 0.3) is 0 Å². The first-order valence-electron chi connectivity index (χ1n) is 5.54. The van der Waals surface area contributed by atoms with Crippen LogP contribution in [-0.4, -0.2) is 12.9 Å². The van der Waals surface area contributed by atoms with E-state index in [0.29, 0.717) is 5.92 Å². The second-order valence-corrected chi connectivity index (χ2v) is 4.47. The van der Waals surface area contributed by atoms with E-state index in [1.807, 2.05) is 6.92 Å². The van der Waals surface area contributed by atoms with Gasteiger partial charge in [0.1, 0.15) is 5.75 Å². The van der Waals surface area contributed by atoms with Crippen molar-refractivity contribution in [2.24, 2.45) is 0 Å². The molecule has 0 spiro atoms. The summed E-state index contributed by atoms with van der Waals surface area (Å²) in [5.41, 5.74) is 1.34. The van der Waals surface area contributed by atoms with E-state index in [0.717, 1.165) is 18.8 Å². The Morgan fingerprint density at radius 1 is 1.33 bits per heavy atom. The molecule has 0 amide bonds. The lowest BCUT2D eigenvalue weighted by molar-refractivity contribution is 0.326. The molecule has 1 nitrogen and oxygen atoms in total. The van der Waals surface area contributed by atoms with Gasteiger partial charge in [-0.2, -0.15) is 0 Å². The van der Waals surface area contributed by atoms with Gasteiger partial charge in [-0.3, -0.25) is 0 Å². The molecule has 1 aromatic rings. The SMILES string of the molecule is CCOc1c(SC)cccc1C(C)CC. The first-order chi connectivity index (χ1) is 7.24. The first-order valence-corrected chi connectivity index (χ1v) is 6.76. The van der Waals surface area contributed by atoms with E-state index in [2.05, 4.69) is 38.3 Å². The van der Waals surface area contributed by atoms with Crippen molar-refractivity contribution in [3.05, 3.63) is 23.8 Å². The standard InChI is InChI=1S/C13H20OS/c1-5-10(3)11-8-7-9-12(15-4)13(11)14-6-2/h7-10H,5-6H2,1-4H3. The molecule has 2 heteroatoms. The molecule has 1 unspecified atom stereocenters. The van der Waals surface area contributed by atoms with Crippen molar-refractivity contribution in [3.8, 4) is 5.75 Å². The summed E-state index contributed by atoms with van der Waals surface area (Å²) in [4.78, 5) is 1.25. The Labute approximate surface area is 97.2 Å². The minimum absolute atomic E-state index is 0.568. The highest BCUT2D eigenvalue weighted by molar-refractivity contribution is 7.98. The zero-order chi connectivity index (χ0) is 11.3. The highest BCUT2D eigenvalue weighted by Gasteiger charge is 2.13. The Kier molecular flexibility index (Phi) is 5.03. The summed E-state index contributed by atoms with van der Waals surface area (Å²) in [7, 11) is 0. The Hall–Kier alpha value is -0.630. The smallest absolute Gasteiger partial charge is 0.136 e. The van der Waals surface area contributed by atoms with Gasteiger partial charge < -0.3 is 4.74 Å². The maximum Gasteiger partial charge on any atom is 0.136 e. The lowest BCUT2D eigenvalue weighted by Crippen LogP contribution is -2.01. The molecule has 0 radical (unpaired) electrons. The van der Waals surface area contributed by atoms with Crippen LogP contribution in [0.2, 0.25) is 0 Å². The average molecular weight is 224 g/mol. The van der Waals surface area contributed by atoms with E-state index in [-0.39, 0.29) is 0 Å². The molecular weight excluding hydrogens is 204 g/mol. The highest BCUT2D eigenvalue weighted by atomic mass is 32.2. The molecule has 84 valence electrons. The lowest BCUT2D eigenvalue weighted by atomic mass is 9.98. The molecular formula is C13H20OS. The zero-order valence-electron chi connectivity index (χ0n) is 10.0. The molecule has 1 atom stereocenters.